The predicted molar refractivity (Wildman–Crippen MR) is 71.4 cm³/mol. The van der Waals surface area contributed by atoms with E-state index in [1.54, 1.807) is 12.3 Å². The van der Waals surface area contributed by atoms with Crippen molar-refractivity contribution < 1.29 is 0 Å². The van der Waals surface area contributed by atoms with Crippen molar-refractivity contribution in [1.82, 2.24) is 0 Å². The molecule has 0 aliphatic heterocycles. The van der Waals surface area contributed by atoms with Gasteiger partial charge in [0, 0.05) is 16.5 Å². The van der Waals surface area contributed by atoms with Gasteiger partial charge in [-0.25, -0.2) is 0 Å². The van der Waals surface area contributed by atoms with Gasteiger partial charge in [0.1, 0.15) is 0 Å². The lowest BCUT2D eigenvalue weighted by Crippen LogP contribution is -1.78. The second-order valence-corrected chi connectivity index (χ2v) is 8.06. The molecule has 0 radical (unpaired) electrons. The Morgan fingerprint density at radius 2 is 1.54 bits per heavy atom. The highest BCUT2D eigenvalue weighted by atomic mass is 32.0. The van der Waals surface area contributed by atoms with E-state index in [0.29, 0.717) is 0 Å². The fourth-order valence-electron chi connectivity index (χ4n) is 1.35. The SMILES string of the molecule is CCCCCCP[PH2+]CCCCC. The first-order valence-electron chi connectivity index (χ1n) is 5.96. The van der Waals surface area contributed by atoms with Crippen molar-refractivity contribution in [2.75, 3.05) is 12.3 Å². The quantitative estimate of drug-likeness (QED) is 0.368. The topological polar surface area (TPSA) is 0 Å². The van der Waals surface area contributed by atoms with Crippen molar-refractivity contribution in [3.8, 4) is 0 Å². The van der Waals surface area contributed by atoms with Crippen LogP contribution in [0, 0.1) is 0 Å². The second kappa shape index (κ2) is 12.9. The zero-order chi connectivity index (χ0) is 9.78. The predicted octanol–water partition coefficient (Wildman–Crippen LogP) is 4.76. The zero-order valence-corrected chi connectivity index (χ0v) is 11.6. The van der Waals surface area contributed by atoms with Crippen molar-refractivity contribution in [3.63, 3.8) is 0 Å². The fraction of sp³-hybridized carbons (Fsp3) is 1.00. The molecule has 0 nitrogen and oxygen atoms in total. The lowest BCUT2D eigenvalue weighted by atomic mass is 10.2. The van der Waals surface area contributed by atoms with E-state index in [2.05, 4.69) is 13.8 Å². The van der Waals surface area contributed by atoms with Crippen LogP contribution in [0.25, 0.3) is 0 Å². The summed E-state index contributed by atoms with van der Waals surface area (Å²) in [5.74, 6) is 0. The Hall–Kier alpha value is 0.860. The Morgan fingerprint density at radius 3 is 2.23 bits per heavy atom. The lowest BCUT2D eigenvalue weighted by Gasteiger charge is -1.96. The van der Waals surface area contributed by atoms with E-state index in [9.17, 15) is 0 Å². The Kier molecular flexibility index (Phi) is 13.7. The summed E-state index contributed by atoms with van der Waals surface area (Å²) in [6.45, 7) is 4.58. The number of hydrogen-bond acceptors (Lipinski definition) is 0. The fourth-order valence-corrected chi connectivity index (χ4v) is 5.16. The average Bonchev–Trinajstić information content (AvgIpc) is 2.16. The normalized spacial score (nSPS) is 12.5. The molecule has 0 spiro atoms. The maximum Gasteiger partial charge on any atom is 0.0569 e. The Morgan fingerprint density at radius 1 is 0.846 bits per heavy atom. The summed E-state index contributed by atoms with van der Waals surface area (Å²) >= 11 is 0. The van der Waals surface area contributed by atoms with E-state index in [-0.39, 0.29) is 0 Å². The highest BCUT2D eigenvalue weighted by Crippen LogP contribution is 2.38. The largest absolute Gasteiger partial charge is 0.0654 e. The molecular formula is C11H27P2+. The molecule has 0 saturated heterocycles. The number of hydrogen-bond donors (Lipinski definition) is 0. The van der Waals surface area contributed by atoms with Crippen LogP contribution in [0.2, 0.25) is 0 Å². The summed E-state index contributed by atoms with van der Waals surface area (Å²) in [5, 5.41) is 0. The third kappa shape index (κ3) is 12.9. The molecule has 0 aliphatic rings. The van der Waals surface area contributed by atoms with Gasteiger partial charge in [-0.3, -0.25) is 0 Å². The van der Waals surface area contributed by atoms with E-state index in [4.69, 9.17) is 0 Å². The molecule has 0 N–H and O–H groups in total. The minimum atomic E-state index is 0.833. The van der Waals surface area contributed by atoms with E-state index in [1.807, 2.05) is 0 Å². The highest BCUT2D eigenvalue weighted by Gasteiger charge is 1.95. The molecule has 0 amide bonds. The van der Waals surface area contributed by atoms with Gasteiger partial charge in [-0.15, -0.1) is 0 Å². The molecule has 2 atom stereocenters. The first kappa shape index (κ1) is 13.9. The van der Waals surface area contributed by atoms with Crippen LogP contribution in [-0.4, -0.2) is 12.3 Å². The minimum Gasteiger partial charge on any atom is -0.0654 e. The molecule has 2 unspecified atom stereocenters. The van der Waals surface area contributed by atoms with E-state index < -0.39 is 0 Å². The summed E-state index contributed by atoms with van der Waals surface area (Å²) in [5.41, 5.74) is 0. The molecule has 0 fully saturated rings. The van der Waals surface area contributed by atoms with Crippen LogP contribution >= 0.6 is 16.5 Å². The van der Waals surface area contributed by atoms with Crippen molar-refractivity contribution in [1.29, 1.82) is 0 Å². The monoisotopic (exact) mass is 221 g/mol. The molecule has 2 heteroatoms. The standard InChI is InChI=1S/C11H26P2/c1-3-5-7-9-11-13-12-10-8-6-4-2/h12-13H,3-11H2,1-2H3/p+1. The van der Waals surface area contributed by atoms with Gasteiger partial charge in [0.2, 0.25) is 0 Å². The van der Waals surface area contributed by atoms with Gasteiger partial charge in [-0.05, 0) is 19.0 Å². The first-order valence-corrected chi connectivity index (χ1v) is 9.80. The van der Waals surface area contributed by atoms with Gasteiger partial charge in [0.25, 0.3) is 0 Å². The third-order valence-corrected chi connectivity index (χ3v) is 6.50. The molecule has 0 aromatic carbocycles. The molecule has 0 bridgehead atoms. The van der Waals surface area contributed by atoms with Crippen molar-refractivity contribution in [2.24, 2.45) is 0 Å². The molecule has 0 aromatic heterocycles. The molecule has 0 aliphatic carbocycles. The van der Waals surface area contributed by atoms with E-state index >= 15 is 0 Å². The first-order chi connectivity index (χ1) is 6.41. The van der Waals surface area contributed by atoms with Gasteiger partial charge in [-0.1, -0.05) is 46.0 Å². The van der Waals surface area contributed by atoms with Crippen LogP contribution in [-0.2, 0) is 0 Å². The van der Waals surface area contributed by atoms with Gasteiger partial charge in [-0.2, -0.15) is 0 Å². The van der Waals surface area contributed by atoms with Crippen LogP contribution in [0.3, 0.4) is 0 Å². The van der Waals surface area contributed by atoms with Gasteiger partial charge < -0.3 is 0 Å². The maximum atomic E-state index is 2.29. The minimum absolute atomic E-state index is 0.833. The summed E-state index contributed by atoms with van der Waals surface area (Å²) in [7, 11) is 2.17. The summed E-state index contributed by atoms with van der Waals surface area (Å²) in [6.07, 6.45) is 13.3. The molecule has 80 valence electrons. The van der Waals surface area contributed by atoms with Gasteiger partial charge >= 0.3 is 0 Å². The van der Waals surface area contributed by atoms with Crippen molar-refractivity contribution in [2.45, 2.75) is 58.8 Å². The smallest absolute Gasteiger partial charge is 0.0569 e. The Bertz CT molecular complexity index is 74.2. The van der Waals surface area contributed by atoms with Gasteiger partial charge in [0.15, 0.2) is 0 Å². The Labute approximate surface area is 88.1 Å². The summed E-state index contributed by atoms with van der Waals surface area (Å²) in [6, 6.07) is 0. The molecular weight excluding hydrogens is 194 g/mol. The highest BCUT2D eigenvalue weighted by molar-refractivity contribution is 8.11. The lowest BCUT2D eigenvalue weighted by molar-refractivity contribution is 0.706. The summed E-state index contributed by atoms with van der Waals surface area (Å²) < 4.78 is 0. The van der Waals surface area contributed by atoms with Crippen LogP contribution in [0.5, 0.6) is 0 Å². The van der Waals surface area contributed by atoms with Gasteiger partial charge in [0.05, 0.1) is 6.16 Å². The van der Waals surface area contributed by atoms with Crippen molar-refractivity contribution in [3.05, 3.63) is 0 Å². The van der Waals surface area contributed by atoms with E-state index in [1.165, 1.54) is 53.2 Å². The number of rotatable bonds is 10. The molecule has 13 heavy (non-hydrogen) atoms. The molecule has 0 rings (SSSR count). The molecule has 0 heterocycles. The molecule has 0 saturated carbocycles. The second-order valence-electron chi connectivity index (χ2n) is 3.71. The van der Waals surface area contributed by atoms with E-state index in [0.717, 1.165) is 8.27 Å². The Balaban J connectivity index is 2.76. The molecule has 0 aromatic rings. The van der Waals surface area contributed by atoms with Crippen LogP contribution in [0.15, 0.2) is 0 Å². The number of unbranched alkanes of at least 4 members (excludes halogenated alkanes) is 5. The van der Waals surface area contributed by atoms with Crippen molar-refractivity contribution >= 4 is 16.5 Å². The maximum absolute atomic E-state index is 2.29. The third-order valence-electron chi connectivity index (χ3n) is 2.27. The van der Waals surface area contributed by atoms with Crippen LogP contribution in [0.4, 0.5) is 0 Å². The summed E-state index contributed by atoms with van der Waals surface area (Å²) in [4.78, 5) is 0. The zero-order valence-electron chi connectivity index (χ0n) is 9.44. The average molecular weight is 221 g/mol. The van der Waals surface area contributed by atoms with Crippen LogP contribution in [0.1, 0.15) is 58.8 Å². The van der Waals surface area contributed by atoms with Crippen LogP contribution < -0.4 is 0 Å².